The van der Waals surface area contributed by atoms with Crippen molar-refractivity contribution in [3.05, 3.63) is 90.3 Å². The molecule has 2 aliphatic rings. The largest absolute Gasteiger partial charge is 0.467 e. The summed E-state index contributed by atoms with van der Waals surface area (Å²) in [6.45, 7) is 3.29. The number of para-hydroxylation sites is 1. The number of fused-ring (bicyclic) bond motifs is 1. The normalized spacial score (nSPS) is 18.9. The molecule has 0 N–H and O–H groups in total. The third-order valence-electron chi connectivity index (χ3n) is 6.67. The molecule has 2 aromatic heterocycles. The van der Waals surface area contributed by atoms with Crippen molar-refractivity contribution >= 4 is 28.3 Å². The summed E-state index contributed by atoms with van der Waals surface area (Å²) < 4.78 is 24.9. The van der Waals surface area contributed by atoms with Crippen LogP contribution >= 0.6 is 0 Å². The number of furan rings is 2. The molecule has 1 fully saturated rings. The topological polar surface area (TPSA) is 65.4 Å². The van der Waals surface area contributed by atoms with Gasteiger partial charge in [0.25, 0.3) is 5.91 Å². The molecule has 0 spiro atoms. The number of anilines is 1. The number of halogens is 1. The van der Waals surface area contributed by atoms with Gasteiger partial charge in [-0.05, 0) is 48.5 Å². The quantitative estimate of drug-likeness (QED) is 0.423. The number of piperazine rings is 1. The Kier molecular flexibility index (Phi) is 5.58. The van der Waals surface area contributed by atoms with E-state index in [2.05, 4.69) is 9.80 Å². The van der Waals surface area contributed by atoms with Gasteiger partial charge in [0.2, 0.25) is 0 Å². The first-order chi connectivity index (χ1) is 17.1. The van der Waals surface area contributed by atoms with Crippen molar-refractivity contribution in [2.45, 2.75) is 12.5 Å². The fourth-order valence-electron chi connectivity index (χ4n) is 4.80. The molecular formula is C27H25FN4O3. The molecular weight excluding hydrogens is 447 g/mol. The van der Waals surface area contributed by atoms with Crippen LogP contribution in [0.15, 0.2) is 86.9 Å². The maximum Gasteiger partial charge on any atom is 0.257 e. The van der Waals surface area contributed by atoms with E-state index in [1.807, 2.05) is 42.5 Å². The Morgan fingerprint density at radius 1 is 1.00 bits per heavy atom. The Hall–Kier alpha value is -3.91. The van der Waals surface area contributed by atoms with Gasteiger partial charge in [-0.3, -0.25) is 9.69 Å². The summed E-state index contributed by atoms with van der Waals surface area (Å²) in [5.74, 6) is 1.06. The number of hydrogen-bond acceptors (Lipinski definition) is 6. The first-order valence-corrected chi connectivity index (χ1v) is 11.8. The molecule has 7 nitrogen and oxygen atoms in total. The predicted molar refractivity (Wildman–Crippen MR) is 131 cm³/mol. The van der Waals surface area contributed by atoms with E-state index < -0.39 is 0 Å². The van der Waals surface area contributed by atoms with Gasteiger partial charge < -0.3 is 13.7 Å². The minimum Gasteiger partial charge on any atom is -0.467 e. The molecule has 2 aliphatic heterocycles. The lowest BCUT2D eigenvalue weighted by Crippen LogP contribution is -2.49. The fraction of sp³-hybridized carbons (Fsp3) is 0.259. The van der Waals surface area contributed by atoms with Gasteiger partial charge in [0, 0.05) is 43.7 Å². The first kappa shape index (κ1) is 21.6. The maximum absolute atomic E-state index is 13.4. The number of hydrogen-bond donors (Lipinski definition) is 0. The van der Waals surface area contributed by atoms with E-state index in [1.54, 1.807) is 23.4 Å². The van der Waals surface area contributed by atoms with Crippen LogP contribution in [0, 0.1) is 5.82 Å². The van der Waals surface area contributed by atoms with Crippen molar-refractivity contribution in [2.75, 3.05) is 37.6 Å². The molecule has 1 saturated heterocycles. The average Bonchev–Trinajstić information content (AvgIpc) is 3.64. The van der Waals surface area contributed by atoms with Crippen LogP contribution in [0.1, 0.15) is 24.0 Å². The summed E-state index contributed by atoms with van der Waals surface area (Å²) >= 11 is 0. The molecule has 0 radical (unpaired) electrons. The molecule has 0 bridgehead atoms. The van der Waals surface area contributed by atoms with Crippen LogP contribution in [0.4, 0.5) is 10.1 Å². The smallest absolute Gasteiger partial charge is 0.257 e. The standard InChI is InChI=1S/C27H25FN4O3/c28-20-7-9-21(10-8-20)31-13-11-30(12-14-31)18-27(33)32-23(25-6-3-15-34-25)17-22(29-32)26-16-19-4-1-2-5-24(19)35-26/h1-10,15-16,23H,11-14,17-18H2. The monoisotopic (exact) mass is 472 g/mol. The molecule has 2 aromatic carbocycles. The summed E-state index contributed by atoms with van der Waals surface area (Å²) in [4.78, 5) is 17.8. The average molecular weight is 473 g/mol. The van der Waals surface area contributed by atoms with E-state index >= 15 is 0 Å². The van der Waals surface area contributed by atoms with Crippen molar-refractivity contribution in [1.82, 2.24) is 9.91 Å². The molecule has 8 heteroatoms. The molecule has 4 heterocycles. The van der Waals surface area contributed by atoms with Crippen molar-refractivity contribution < 1.29 is 18.0 Å². The Morgan fingerprint density at radius 3 is 2.54 bits per heavy atom. The number of hydrazone groups is 1. The van der Waals surface area contributed by atoms with Gasteiger partial charge in [-0.1, -0.05) is 18.2 Å². The molecule has 1 atom stereocenters. The van der Waals surface area contributed by atoms with Crippen LogP contribution in [-0.2, 0) is 4.79 Å². The van der Waals surface area contributed by atoms with Crippen LogP contribution in [0.2, 0.25) is 0 Å². The van der Waals surface area contributed by atoms with Crippen LogP contribution < -0.4 is 4.90 Å². The molecule has 1 amide bonds. The highest BCUT2D eigenvalue weighted by Crippen LogP contribution is 2.34. The van der Waals surface area contributed by atoms with Gasteiger partial charge in [0.15, 0.2) is 5.76 Å². The summed E-state index contributed by atoms with van der Waals surface area (Å²) in [6, 6.07) is 19.7. The zero-order valence-corrected chi connectivity index (χ0v) is 19.1. The second-order valence-electron chi connectivity index (χ2n) is 8.91. The van der Waals surface area contributed by atoms with Gasteiger partial charge in [-0.15, -0.1) is 0 Å². The number of carbonyl (C=O) groups excluding carboxylic acids is 1. The van der Waals surface area contributed by atoms with Crippen LogP contribution in [0.5, 0.6) is 0 Å². The lowest BCUT2D eigenvalue weighted by Gasteiger charge is -2.36. The van der Waals surface area contributed by atoms with E-state index in [-0.39, 0.29) is 24.3 Å². The van der Waals surface area contributed by atoms with Crippen molar-refractivity contribution in [1.29, 1.82) is 0 Å². The van der Waals surface area contributed by atoms with E-state index in [0.29, 0.717) is 17.9 Å². The van der Waals surface area contributed by atoms with Crippen LogP contribution in [0.3, 0.4) is 0 Å². The number of rotatable bonds is 5. The summed E-state index contributed by atoms with van der Waals surface area (Å²) in [5.41, 5.74) is 2.52. The van der Waals surface area contributed by atoms with Gasteiger partial charge in [0.1, 0.15) is 28.9 Å². The number of benzene rings is 2. The molecule has 178 valence electrons. The van der Waals surface area contributed by atoms with Gasteiger partial charge >= 0.3 is 0 Å². The Morgan fingerprint density at radius 2 is 1.80 bits per heavy atom. The third-order valence-corrected chi connectivity index (χ3v) is 6.67. The second kappa shape index (κ2) is 9.03. The minimum absolute atomic E-state index is 0.0762. The first-order valence-electron chi connectivity index (χ1n) is 11.8. The highest BCUT2D eigenvalue weighted by molar-refractivity contribution is 6.03. The zero-order valence-electron chi connectivity index (χ0n) is 19.1. The van der Waals surface area contributed by atoms with E-state index in [0.717, 1.165) is 48.5 Å². The molecule has 0 aliphatic carbocycles. The molecule has 1 unspecified atom stereocenters. The van der Waals surface area contributed by atoms with Gasteiger partial charge in [-0.25, -0.2) is 9.40 Å². The third kappa shape index (κ3) is 4.33. The Balaban J connectivity index is 1.17. The summed E-state index contributed by atoms with van der Waals surface area (Å²) in [6.07, 6.45) is 2.14. The van der Waals surface area contributed by atoms with E-state index in [1.165, 1.54) is 12.1 Å². The Bertz CT molecular complexity index is 1320. The van der Waals surface area contributed by atoms with E-state index in [9.17, 15) is 9.18 Å². The lowest BCUT2D eigenvalue weighted by atomic mass is 10.1. The lowest BCUT2D eigenvalue weighted by molar-refractivity contribution is -0.134. The Labute approximate surface area is 202 Å². The second-order valence-corrected chi connectivity index (χ2v) is 8.91. The van der Waals surface area contributed by atoms with Gasteiger partial charge in [0.05, 0.1) is 12.8 Å². The van der Waals surface area contributed by atoms with Gasteiger partial charge in [-0.2, -0.15) is 5.10 Å². The minimum atomic E-state index is -0.304. The highest BCUT2D eigenvalue weighted by Gasteiger charge is 2.36. The van der Waals surface area contributed by atoms with Crippen LogP contribution in [-0.4, -0.2) is 54.3 Å². The maximum atomic E-state index is 13.4. The van der Waals surface area contributed by atoms with E-state index in [4.69, 9.17) is 13.9 Å². The summed E-state index contributed by atoms with van der Waals surface area (Å²) in [5, 5.41) is 7.25. The number of nitrogens with zero attached hydrogens (tertiary/aromatic N) is 4. The molecule has 0 saturated carbocycles. The van der Waals surface area contributed by atoms with Crippen molar-refractivity contribution in [3.63, 3.8) is 0 Å². The van der Waals surface area contributed by atoms with Crippen molar-refractivity contribution in [3.8, 4) is 0 Å². The fourth-order valence-corrected chi connectivity index (χ4v) is 4.80. The zero-order chi connectivity index (χ0) is 23.8. The number of amides is 1. The predicted octanol–water partition coefficient (Wildman–Crippen LogP) is 4.66. The van der Waals surface area contributed by atoms with Crippen molar-refractivity contribution in [2.24, 2.45) is 5.10 Å². The molecule has 35 heavy (non-hydrogen) atoms. The summed E-state index contributed by atoms with van der Waals surface area (Å²) in [7, 11) is 0. The highest BCUT2D eigenvalue weighted by atomic mass is 19.1. The molecule has 6 rings (SSSR count). The number of carbonyl (C=O) groups is 1. The molecule has 4 aromatic rings. The SMILES string of the molecule is O=C(CN1CCN(c2ccc(F)cc2)CC1)N1N=C(c2cc3ccccc3o2)CC1c1ccco1. The van der Waals surface area contributed by atoms with Crippen LogP contribution in [0.25, 0.3) is 11.0 Å².